The summed E-state index contributed by atoms with van der Waals surface area (Å²) in [5.41, 5.74) is -2.16. The predicted octanol–water partition coefficient (Wildman–Crippen LogP) is 2.47. The zero-order valence-corrected chi connectivity index (χ0v) is 13.9. The fourth-order valence-corrected chi connectivity index (χ4v) is 4.05. The number of fused-ring (bicyclic) bond motifs is 1. The van der Waals surface area contributed by atoms with Gasteiger partial charge >= 0.3 is 18.2 Å². The molecule has 1 aromatic heterocycles. The van der Waals surface area contributed by atoms with Crippen LogP contribution in [0.3, 0.4) is 0 Å². The van der Waals surface area contributed by atoms with Crippen molar-refractivity contribution < 1.29 is 27.9 Å². The number of aromatic nitrogens is 2. The number of amides is 2. The molecule has 2 aliphatic rings. The fourth-order valence-electron chi connectivity index (χ4n) is 4.05. The van der Waals surface area contributed by atoms with Crippen LogP contribution >= 0.6 is 0 Å². The van der Waals surface area contributed by atoms with Crippen LogP contribution in [0, 0.1) is 18.3 Å². The van der Waals surface area contributed by atoms with Gasteiger partial charge in [-0.05, 0) is 25.7 Å². The first kappa shape index (κ1) is 17.6. The van der Waals surface area contributed by atoms with Crippen LogP contribution in [-0.2, 0) is 18.0 Å². The van der Waals surface area contributed by atoms with Gasteiger partial charge in [-0.2, -0.15) is 18.3 Å². The van der Waals surface area contributed by atoms with E-state index in [0.717, 1.165) is 17.5 Å². The monoisotopic (exact) mass is 360 g/mol. The number of hydrogen-bond acceptors (Lipinski definition) is 3. The summed E-state index contributed by atoms with van der Waals surface area (Å²) < 4.78 is 39.7. The molecule has 0 unspecified atom stereocenters. The predicted molar refractivity (Wildman–Crippen MR) is 80.9 cm³/mol. The molecule has 1 aliphatic heterocycles. The number of carboxylic acid groups (broad SMARTS) is 1. The summed E-state index contributed by atoms with van der Waals surface area (Å²) in [5, 5.41) is 15.4. The van der Waals surface area contributed by atoms with Gasteiger partial charge < -0.3 is 10.0 Å². The SMILES string of the molecule is Cc1c(C(F)(F)F)nn(C)c1NC(=O)N1C[C@@H]2CCC[C@@]2(C(=O)O)C1. The maximum absolute atomic E-state index is 12.9. The first-order valence-electron chi connectivity index (χ1n) is 7.96. The molecule has 0 spiro atoms. The Morgan fingerprint density at radius 2 is 2.08 bits per heavy atom. The van der Waals surface area contributed by atoms with Crippen LogP contribution < -0.4 is 5.32 Å². The highest BCUT2D eigenvalue weighted by Gasteiger charge is 2.56. The Bertz CT molecular complexity index is 730. The molecule has 0 bridgehead atoms. The Kier molecular flexibility index (Phi) is 3.96. The minimum atomic E-state index is -4.61. The first-order chi connectivity index (χ1) is 11.6. The average Bonchev–Trinajstić information content (AvgIpc) is 3.12. The van der Waals surface area contributed by atoms with Gasteiger partial charge in [0.2, 0.25) is 0 Å². The van der Waals surface area contributed by atoms with Gasteiger partial charge in [-0.1, -0.05) is 6.42 Å². The number of carbonyl (C=O) groups is 2. The molecule has 2 atom stereocenters. The number of likely N-dealkylation sites (tertiary alicyclic amines) is 1. The van der Waals surface area contributed by atoms with Crippen molar-refractivity contribution >= 4 is 17.8 Å². The molecule has 2 heterocycles. The number of aryl methyl sites for hydroxylation is 1. The third-order valence-corrected chi connectivity index (χ3v) is 5.36. The van der Waals surface area contributed by atoms with E-state index < -0.39 is 29.3 Å². The number of halogens is 3. The number of nitrogens with zero attached hydrogens (tertiary/aromatic N) is 3. The highest BCUT2D eigenvalue weighted by molar-refractivity contribution is 5.90. The van der Waals surface area contributed by atoms with Crippen LogP contribution in [0.4, 0.5) is 23.8 Å². The average molecular weight is 360 g/mol. The number of alkyl halides is 3. The lowest BCUT2D eigenvalue weighted by atomic mass is 9.81. The second kappa shape index (κ2) is 5.63. The summed E-state index contributed by atoms with van der Waals surface area (Å²) >= 11 is 0. The molecule has 25 heavy (non-hydrogen) atoms. The van der Waals surface area contributed by atoms with Crippen molar-refractivity contribution in [3.05, 3.63) is 11.3 Å². The zero-order chi connectivity index (χ0) is 18.6. The largest absolute Gasteiger partial charge is 0.481 e. The van der Waals surface area contributed by atoms with E-state index in [1.165, 1.54) is 18.9 Å². The summed E-state index contributed by atoms with van der Waals surface area (Å²) in [6.07, 6.45) is -2.55. The van der Waals surface area contributed by atoms with Gasteiger partial charge in [0.05, 0.1) is 5.41 Å². The molecule has 7 nitrogen and oxygen atoms in total. The summed E-state index contributed by atoms with van der Waals surface area (Å²) in [4.78, 5) is 25.5. The van der Waals surface area contributed by atoms with Crippen LogP contribution in [-0.4, -0.2) is 44.9 Å². The molecular weight excluding hydrogens is 341 g/mol. The molecule has 0 aromatic carbocycles. The van der Waals surface area contributed by atoms with E-state index in [4.69, 9.17) is 0 Å². The van der Waals surface area contributed by atoms with Crippen LogP contribution in [0.5, 0.6) is 0 Å². The molecule has 10 heteroatoms. The second-order valence-electron chi connectivity index (χ2n) is 6.80. The van der Waals surface area contributed by atoms with Crippen LogP contribution in [0.1, 0.15) is 30.5 Å². The van der Waals surface area contributed by atoms with E-state index in [1.807, 2.05) is 0 Å². The lowest BCUT2D eigenvalue weighted by Gasteiger charge is -2.23. The minimum Gasteiger partial charge on any atom is -0.481 e. The summed E-state index contributed by atoms with van der Waals surface area (Å²) in [6.45, 7) is 1.60. The van der Waals surface area contributed by atoms with Crippen LogP contribution in [0.25, 0.3) is 0 Å². The van der Waals surface area contributed by atoms with Crippen molar-refractivity contribution in [3.63, 3.8) is 0 Å². The Labute approximate surface area is 141 Å². The fraction of sp³-hybridized carbons (Fsp3) is 0.667. The minimum absolute atomic E-state index is 0.0428. The number of rotatable bonds is 2. The van der Waals surface area contributed by atoms with Crippen molar-refractivity contribution in [3.8, 4) is 0 Å². The molecular formula is C15H19F3N4O3. The van der Waals surface area contributed by atoms with Gasteiger partial charge in [-0.3, -0.25) is 14.8 Å². The standard InChI is InChI=1S/C15H19F3N4O3/c1-8-10(15(16,17)18)20-21(2)11(8)19-13(25)22-6-9-4-3-5-14(9,7-22)12(23)24/h9H,3-7H2,1-2H3,(H,19,25)(H,23,24)/t9-,14+/m0/s1. The maximum Gasteiger partial charge on any atom is 0.435 e. The van der Waals surface area contributed by atoms with Crippen molar-refractivity contribution in [1.29, 1.82) is 0 Å². The lowest BCUT2D eigenvalue weighted by molar-refractivity contribution is -0.149. The molecule has 138 valence electrons. The number of aliphatic carboxylic acids is 1. The smallest absolute Gasteiger partial charge is 0.435 e. The number of carbonyl (C=O) groups excluding carboxylic acids is 1. The van der Waals surface area contributed by atoms with E-state index in [-0.39, 0.29) is 23.8 Å². The molecule has 1 saturated carbocycles. The van der Waals surface area contributed by atoms with Crippen molar-refractivity contribution in [2.75, 3.05) is 18.4 Å². The topological polar surface area (TPSA) is 87.5 Å². The lowest BCUT2D eigenvalue weighted by Crippen LogP contribution is -2.39. The van der Waals surface area contributed by atoms with Gasteiger partial charge in [-0.25, -0.2) is 4.79 Å². The highest BCUT2D eigenvalue weighted by Crippen LogP contribution is 2.49. The molecule has 2 amide bonds. The third kappa shape index (κ3) is 2.73. The molecule has 2 fully saturated rings. The Hall–Kier alpha value is -2.26. The van der Waals surface area contributed by atoms with E-state index in [1.54, 1.807) is 0 Å². The van der Waals surface area contributed by atoms with Gasteiger partial charge in [0.25, 0.3) is 0 Å². The maximum atomic E-state index is 12.9. The van der Waals surface area contributed by atoms with E-state index >= 15 is 0 Å². The van der Waals surface area contributed by atoms with Crippen molar-refractivity contribution in [2.45, 2.75) is 32.4 Å². The normalized spacial score (nSPS) is 26.0. The van der Waals surface area contributed by atoms with E-state index in [2.05, 4.69) is 10.4 Å². The van der Waals surface area contributed by atoms with Crippen LogP contribution in [0.15, 0.2) is 0 Å². The van der Waals surface area contributed by atoms with E-state index in [9.17, 15) is 27.9 Å². The summed E-state index contributed by atoms with van der Waals surface area (Å²) in [5.74, 6) is -1.07. The van der Waals surface area contributed by atoms with Gasteiger partial charge in [0.1, 0.15) is 5.82 Å². The number of anilines is 1. The van der Waals surface area contributed by atoms with Crippen molar-refractivity contribution in [1.82, 2.24) is 14.7 Å². The van der Waals surface area contributed by atoms with E-state index in [0.29, 0.717) is 13.0 Å². The number of carboxylic acids is 1. The molecule has 2 N–H and O–H groups in total. The molecule has 0 radical (unpaired) electrons. The summed E-state index contributed by atoms with van der Waals surface area (Å²) in [6, 6.07) is -0.602. The molecule has 3 rings (SSSR count). The quantitative estimate of drug-likeness (QED) is 0.848. The zero-order valence-electron chi connectivity index (χ0n) is 13.9. The first-order valence-corrected chi connectivity index (χ1v) is 7.96. The number of hydrogen-bond donors (Lipinski definition) is 2. The number of urea groups is 1. The highest BCUT2D eigenvalue weighted by atomic mass is 19.4. The Morgan fingerprint density at radius 1 is 1.40 bits per heavy atom. The number of nitrogens with one attached hydrogen (secondary N) is 1. The van der Waals surface area contributed by atoms with Gasteiger partial charge in [0.15, 0.2) is 5.69 Å². The van der Waals surface area contributed by atoms with Crippen LogP contribution in [0.2, 0.25) is 0 Å². The molecule has 1 aliphatic carbocycles. The Balaban J connectivity index is 1.79. The Morgan fingerprint density at radius 3 is 2.60 bits per heavy atom. The molecule has 1 saturated heterocycles. The third-order valence-electron chi connectivity index (χ3n) is 5.36. The van der Waals surface area contributed by atoms with Crippen molar-refractivity contribution in [2.24, 2.45) is 18.4 Å². The van der Waals surface area contributed by atoms with Gasteiger partial charge in [0, 0.05) is 25.7 Å². The van der Waals surface area contributed by atoms with Gasteiger partial charge in [-0.15, -0.1) is 0 Å². The molecule has 1 aromatic rings. The second-order valence-corrected chi connectivity index (χ2v) is 6.80. The summed E-state index contributed by atoms with van der Waals surface area (Å²) in [7, 11) is 1.31.